The zero-order valence-corrected chi connectivity index (χ0v) is 12.2. The van der Waals surface area contributed by atoms with E-state index in [4.69, 9.17) is 0 Å². The van der Waals surface area contributed by atoms with Crippen LogP contribution in [0.2, 0.25) is 0 Å². The molecule has 2 atom stereocenters. The van der Waals surface area contributed by atoms with Gasteiger partial charge >= 0.3 is 0 Å². The van der Waals surface area contributed by atoms with Crippen LogP contribution in [-0.2, 0) is 7.05 Å². The topological polar surface area (TPSA) is 54.3 Å². The van der Waals surface area contributed by atoms with Crippen LogP contribution in [0.4, 0.5) is 0 Å². The highest BCUT2D eigenvalue weighted by atomic mass is 35.5. The average Bonchev–Trinajstić information content (AvgIpc) is 2.35. The molecule has 1 fully saturated rings. The van der Waals surface area contributed by atoms with E-state index in [0.29, 0.717) is 12.1 Å². The van der Waals surface area contributed by atoms with Crippen molar-refractivity contribution in [2.75, 3.05) is 13.1 Å². The molecule has 0 aliphatic carbocycles. The van der Waals surface area contributed by atoms with Crippen molar-refractivity contribution in [1.82, 2.24) is 14.8 Å². The Morgan fingerprint density at radius 2 is 2.11 bits per heavy atom. The first-order chi connectivity index (χ1) is 8.49. The summed E-state index contributed by atoms with van der Waals surface area (Å²) in [6, 6.07) is 3.54. The summed E-state index contributed by atoms with van der Waals surface area (Å²) in [5.41, 5.74) is 0.315. The number of aryl methyl sites for hydroxylation is 1. The molecule has 1 aliphatic heterocycles. The summed E-state index contributed by atoms with van der Waals surface area (Å²) in [6.07, 6.45) is 1.63. The minimum Gasteiger partial charge on any atom is -0.333 e. The fraction of sp³-hybridized carbons (Fsp3) is 0.538. The van der Waals surface area contributed by atoms with Crippen molar-refractivity contribution in [3.8, 4) is 0 Å². The first-order valence-corrected chi connectivity index (χ1v) is 6.20. The van der Waals surface area contributed by atoms with Gasteiger partial charge in [0.2, 0.25) is 0 Å². The van der Waals surface area contributed by atoms with Crippen molar-refractivity contribution in [3.63, 3.8) is 0 Å². The molecule has 1 amide bonds. The van der Waals surface area contributed by atoms with Crippen molar-refractivity contribution in [1.29, 1.82) is 0 Å². The second-order valence-corrected chi connectivity index (χ2v) is 4.98. The lowest BCUT2D eigenvalue weighted by atomic mass is 10.1. The van der Waals surface area contributed by atoms with Gasteiger partial charge in [0.15, 0.2) is 0 Å². The molecule has 0 bridgehead atoms. The Kier molecular flexibility index (Phi) is 5.14. The van der Waals surface area contributed by atoms with E-state index in [0.717, 1.165) is 6.54 Å². The van der Waals surface area contributed by atoms with Gasteiger partial charge in [0.05, 0.1) is 0 Å². The molecule has 6 heteroatoms. The van der Waals surface area contributed by atoms with Crippen molar-refractivity contribution >= 4 is 18.3 Å². The summed E-state index contributed by atoms with van der Waals surface area (Å²) in [4.78, 5) is 25.8. The number of hydrogen-bond donors (Lipinski definition) is 1. The summed E-state index contributed by atoms with van der Waals surface area (Å²) >= 11 is 0. The molecule has 0 aromatic carbocycles. The Morgan fingerprint density at radius 3 is 2.74 bits per heavy atom. The Balaban J connectivity index is 0.00000180. The fourth-order valence-corrected chi connectivity index (χ4v) is 2.15. The highest BCUT2D eigenvalue weighted by molar-refractivity contribution is 5.94. The molecule has 2 heterocycles. The predicted molar refractivity (Wildman–Crippen MR) is 76.9 cm³/mol. The van der Waals surface area contributed by atoms with E-state index in [1.165, 1.54) is 10.6 Å². The molecule has 1 aromatic heterocycles. The number of carbonyl (C=O) groups is 1. The zero-order chi connectivity index (χ0) is 13.3. The van der Waals surface area contributed by atoms with E-state index in [1.54, 1.807) is 19.3 Å². The molecule has 0 saturated carbocycles. The highest BCUT2D eigenvalue weighted by Gasteiger charge is 2.27. The van der Waals surface area contributed by atoms with Crippen LogP contribution in [0.25, 0.3) is 0 Å². The van der Waals surface area contributed by atoms with Crippen LogP contribution in [-0.4, -0.2) is 40.5 Å². The SMILES string of the molecule is CC1CN(C(=O)c2ccn(C)c(=O)c2)C(C)CN1.Cl. The lowest BCUT2D eigenvalue weighted by molar-refractivity contribution is 0.0616. The van der Waals surface area contributed by atoms with Gasteiger partial charge in [-0.2, -0.15) is 0 Å². The second kappa shape index (κ2) is 6.21. The van der Waals surface area contributed by atoms with Crippen LogP contribution in [0.5, 0.6) is 0 Å². The van der Waals surface area contributed by atoms with E-state index in [-0.39, 0.29) is 36.0 Å². The molecule has 106 valence electrons. The van der Waals surface area contributed by atoms with Gasteiger partial charge in [-0.05, 0) is 19.9 Å². The second-order valence-electron chi connectivity index (χ2n) is 4.98. The summed E-state index contributed by atoms with van der Waals surface area (Å²) in [7, 11) is 1.67. The number of aromatic nitrogens is 1. The van der Waals surface area contributed by atoms with Gasteiger partial charge in [0.1, 0.15) is 0 Å². The van der Waals surface area contributed by atoms with E-state index in [1.807, 2.05) is 11.8 Å². The fourth-order valence-electron chi connectivity index (χ4n) is 2.15. The van der Waals surface area contributed by atoms with Crippen LogP contribution >= 0.6 is 12.4 Å². The van der Waals surface area contributed by atoms with Gasteiger partial charge in [0, 0.05) is 50.0 Å². The van der Waals surface area contributed by atoms with E-state index < -0.39 is 0 Å². The van der Waals surface area contributed by atoms with Crippen molar-refractivity contribution in [2.45, 2.75) is 25.9 Å². The Hall–Kier alpha value is -1.33. The van der Waals surface area contributed by atoms with Gasteiger partial charge in [-0.25, -0.2) is 0 Å². The maximum atomic E-state index is 12.4. The van der Waals surface area contributed by atoms with Crippen LogP contribution in [0.1, 0.15) is 24.2 Å². The number of hydrogen-bond acceptors (Lipinski definition) is 3. The first-order valence-electron chi connectivity index (χ1n) is 6.20. The molecule has 0 spiro atoms. The van der Waals surface area contributed by atoms with E-state index >= 15 is 0 Å². The van der Waals surface area contributed by atoms with Gasteiger partial charge < -0.3 is 14.8 Å². The number of nitrogens with zero attached hydrogens (tertiary/aromatic N) is 2. The Labute approximate surface area is 119 Å². The molecule has 2 unspecified atom stereocenters. The molecule has 1 aliphatic rings. The number of nitrogens with one attached hydrogen (secondary N) is 1. The zero-order valence-electron chi connectivity index (χ0n) is 11.4. The molecular weight excluding hydrogens is 266 g/mol. The molecule has 2 rings (SSSR count). The number of amides is 1. The quantitative estimate of drug-likeness (QED) is 0.823. The molecule has 1 saturated heterocycles. The smallest absolute Gasteiger partial charge is 0.254 e. The molecule has 0 radical (unpaired) electrons. The van der Waals surface area contributed by atoms with Crippen LogP contribution in [0.3, 0.4) is 0 Å². The molecular formula is C13H20ClN3O2. The van der Waals surface area contributed by atoms with Crippen LogP contribution in [0.15, 0.2) is 23.1 Å². The number of halogens is 1. The number of piperazine rings is 1. The lowest BCUT2D eigenvalue weighted by Crippen LogP contribution is -2.56. The van der Waals surface area contributed by atoms with Crippen molar-refractivity contribution in [2.24, 2.45) is 7.05 Å². The minimum absolute atomic E-state index is 0. The Bertz CT molecular complexity index is 515. The molecule has 1 N–H and O–H groups in total. The third-order valence-electron chi connectivity index (χ3n) is 3.38. The van der Waals surface area contributed by atoms with Crippen molar-refractivity contribution < 1.29 is 4.79 Å². The van der Waals surface area contributed by atoms with Gasteiger partial charge in [-0.1, -0.05) is 0 Å². The normalized spacial score (nSPS) is 22.8. The molecule has 5 nitrogen and oxygen atoms in total. The third-order valence-corrected chi connectivity index (χ3v) is 3.38. The van der Waals surface area contributed by atoms with E-state index in [2.05, 4.69) is 12.2 Å². The Morgan fingerprint density at radius 1 is 1.42 bits per heavy atom. The maximum Gasteiger partial charge on any atom is 0.254 e. The minimum atomic E-state index is -0.156. The molecule has 19 heavy (non-hydrogen) atoms. The lowest BCUT2D eigenvalue weighted by Gasteiger charge is -2.37. The number of rotatable bonds is 1. The summed E-state index contributed by atoms with van der Waals surface area (Å²) in [6.45, 7) is 5.53. The van der Waals surface area contributed by atoms with Gasteiger partial charge in [-0.3, -0.25) is 9.59 Å². The maximum absolute atomic E-state index is 12.4. The average molecular weight is 286 g/mol. The van der Waals surface area contributed by atoms with E-state index in [9.17, 15) is 9.59 Å². The van der Waals surface area contributed by atoms with Crippen molar-refractivity contribution in [3.05, 3.63) is 34.2 Å². The largest absolute Gasteiger partial charge is 0.333 e. The predicted octanol–water partition coefficient (Wildman–Crippen LogP) is 0.629. The standard InChI is InChI=1S/C13H19N3O2.ClH/c1-9-8-16(10(2)7-14-9)13(18)11-4-5-15(3)12(17)6-11;/h4-6,9-10,14H,7-8H2,1-3H3;1H. The highest BCUT2D eigenvalue weighted by Crippen LogP contribution is 2.11. The third kappa shape index (κ3) is 3.36. The molecule has 1 aromatic rings. The van der Waals surface area contributed by atoms with Crippen LogP contribution < -0.4 is 10.9 Å². The van der Waals surface area contributed by atoms with Gasteiger partial charge in [0.25, 0.3) is 11.5 Å². The number of carbonyl (C=O) groups excluding carboxylic acids is 1. The monoisotopic (exact) mass is 285 g/mol. The van der Waals surface area contributed by atoms with Crippen LogP contribution in [0, 0.1) is 0 Å². The summed E-state index contributed by atoms with van der Waals surface area (Å²) in [5, 5.41) is 3.33. The number of pyridine rings is 1. The first kappa shape index (κ1) is 15.7. The van der Waals surface area contributed by atoms with Gasteiger partial charge in [-0.15, -0.1) is 12.4 Å². The summed E-state index contributed by atoms with van der Waals surface area (Å²) in [5.74, 6) is -0.0615. The summed E-state index contributed by atoms with van der Waals surface area (Å²) < 4.78 is 1.46.